The van der Waals surface area contributed by atoms with E-state index in [1.807, 2.05) is 12.2 Å². The summed E-state index contributed by atoms with van der Waals surface area (Å²) in [4.78, 5) is 20.4. The lowest BCUT2D eigenvalue weighted by atomic mass is 10.1. The van der Waals surface area contributed by atoms with Gasteiger partial charge in [-0.05, 0) is 38.5 Å². The standard InChI is InChI=1S/C20H31NO4/c1-2-3-4-5-6-7-8-9-10-11-12-13-14-15-16-17-18-19(20(22)23)21(24)25/h6-7,9-10,12-13,15-16,19H,2-5,8,11,14,17-18H2,1H3,(H,22,23). The monoisotopic (exact) mass is 349 g/mol. The lowest BCUT2D eigenvalue weighted by Crippen LogP contribution is -2.28. The van der Waals surface area contributed by atoms with Crippen molar-refractivity contribution in [2.24, 2.45) is 0 Å². The van der Waals surface area contributed by atoms with Gasteiger partial charge >= 0.3 is 12.0 Å². The van der Waals surface area contributed by atoms with Crippen molar-refractivity contribution in [1.29, 1.82) is 0 Å². The number of hydrogen-bond donors (Lipinski definition) is 1. The van der Waals surface area contributed by atoms with E-state index in [-0.39, 0.29) is 6.42 Å². The first kappa shape index (κ1) is 22.8. The molecule has 1 N–H and O–H groups in total. The van der Waals surface area contributed by atoms with Crippen molar-refractivity contribution < 1.29 is 14.8 Å². The number of aliphatic carboxylic acids is 1. The van der Waals surface area contributed by atoms with E-state index < -0.39 is 16.9 Å². The Morgan fingerprint density at radius 1 is 0.920 bits per heavy atom. The van der Waals surface area contributed by atoms with Gasteiger partial charge in [-0.3, -0.25) is 10.1 Å². The molecule has 0 aromatic heterocycles. The Morgan fingerprint density at radius 2 is 1.40 bits per heavy atom. The molecule has 0 aliphatic rings. The highest BCUT2D eigenvalue weighted by Crippen LogP contribution is 2.04. The molecule has 0 aromatic carbocycles. The van der Waals surface area contributed by atoms with Crippen molar-refractivity contribution in [2.75, 3.05) is 0 Å². The van der Waals surface area contributed by atoms with Gasteiger partial charge < -0.3 is 5.11 Å². The Morgan fingerprint density at radius 3 is 1.84 bits per heavy atom. The van der Waals surface area contributed by atoms with Crippen LogP contribution in [-0.2, 0) is 4.79 Å². The highest BCUT2D eigenvalue weighted by Gasteiger charge is 2.27. The Labute approximate surface area is 151 Å². The van der Waals surface area contributed by atoms with Crippen molar-refractivity contribution in [3.8, 4) is 0 Å². The van der Waals surface area contributed by atoms with Crippen LogP contribution >= 0.6 is 0 Å². The Balaban J connectivity index is 3.67. The van der Waals surface area contributed by atoms with Gasteiger partial charge in [0.25, 0.3) is 0 Å². The van der Waals surface area contributed by atoms with Gasteiger partial charge in [0.15, 0.2) is 0 Å². The van der Waals surface area contributed by atoms with Crippen LogP contribution < -0.4 is 0 Å². The number of carbonyl (C=O) groups is 1. The molecule has 0 aliphatic carbocycles. The zero-order valence-electron chi connectivity index (χ0n) is 15.2. The number of carboxylic acids is 1. The van der Waals surface area contributed by atoms with Gasteiger partial charge in [0.05, 0.1) is 0 Å². The van der Waals surface area contributed by atoms with Crippen LogP contribution in [0.5, 0.6) is 0 Å². The minimum atomic E-state index is -1.51. The Kier molecular flexibility index (Phi) is 15.2. The lowest BCUT2D eigenvalue weighted by molar-refractivity contribution is -0.510. The maximum atomic E-state index is 10.6. The predicted octanol–water partition coefficient (Wildman–Crippen LogP) is 5.47. The zero-order valence-corrected chi connectivity index (χ0v) is 15.2. The fourth-order valence-electron chi connectivity index (χ4n) is 2.13. The zero-order chi connectivity index (χ0) is 18.8. The summed E-state index contributed by atoms with van der Waals surface area (Å²) in [5.74, 6) is -1.37. The summed E-state index contributed by atoms with van der Waals surface area (Å²) >= 11 is 0. The molecule has 1 atom stereocenters. The molecule has 5 heteroatoms. The van der Waals surface area contributed by atoms with Crippen LogP contribution in [0.2, 0.25) is 0 Å². The highest BCUT2D eigenvalue weighted by molar-refractivity contribution is 5.71. The van der Waals surface area contributed by atoms with Gasteiger partial charge in [0.2, 0.25) is 0 Å². The molecule has 5 nitrogen and oxygen atoms in total. The molecule has 0 saturated carbocycles. The van der Waals surface area contributed by atoms with E-state index in [0.29, 0.717) is 6.42 Å². The first-order valence-electron chi connectivity index (χ1n) is 9.05. The van der Waals surface area contributed by atoms with E-state index in [4.69, 9.17) is 5.11 Å². The maximum absolute atomic E-state index is 10.6. The lowest BCUT2D eigenvalue weighted by Gasteiger charge is -2.01. The third-order valence-electron chi connectivity index (χ3n) is 3.60. The van der Waals surface area contributed by atoms with Crippen LogP contribution in [0.15, 0.2) is 48.6 Å². The SMILES string of the molecule is CCCCCC=CCC=CCC=CCC=CCCC(C(=O)O)[N+](=O)[O-]. The van der Waals surface area contributed by atoms with E-state index in [0.717, 1.165) is 19.3 Å². The number of allylic oxidation sites excluding steroid dienone is 8. The van der Waals surface area contributed by atoms with E-state index in [1.54, 1.807) is 6.08 Å². The van der Waals surface area contributed by atoms with Gasteiger partial charge in [0.1, 0.15) is 0 Å². The molecule has 25 heavy (non-hydrogen) atoms. The summed E-state index contributed by atoms with van der Waals surface area (Å²) in [6.45, 7) is 2.21. The number of nitrogens with zero attached hydrogens (tertiary/aromatic N) is 1. The van der Waals surface area contributed by atoms with Crippen LogP contribution in [-0.4, -0.2) is 22.0 Å². The topological polar surface area (TPSA) is 80.4 Å². The smallest absolute Gasteiger partial charge is 0.379 e. The second-order valence-electron chi connectivity index (χ2n) is 5.81. The second kappa shape index (κ2) is 16.7. The number of unbranched alkanes of at least 4 members (excludes halogenated alkanes) is 3. The predicted molar refractivity (Wildman–Crippen MR) is 102 cm³/mol. The maximum Gasteiger partial charge on any atom is 0.379 e. The molecule has 0 fully saturated rings. The third-order valence-corrected chi connectivity index (χ3v) is 3.60. The number of nitro groups is 1. The normalized spacial score (nSPS) is 13.5. The molecule has 0 rings (SSSR count). The van der Waals surface area contributed by atoms with Crippen molar-refractivity contribution in [3.63, 3.8) is 0 Å². The minimum Gasteiger partial charge on any atom is -0.476 e. The molecule has 0 heterocycles. The third kappa shape index (κ3) is 15.1. The molecular weight excluding hydrogens is 318 g/mol. The van der Waals surface area contributed by atoms with Crippen LogP contribution in [0, 0.1) is 10.1 Å². The van der Waals surface area contributed by atoms with Crippen LogP contribution in [0.3, 0.4) is 0 Å². The summed E-state index contributed by atoms with van der Waals surface area (Å²) in [6, 6.07) is -1.51. The van der Waals surface area contributed by atoms with Gasteiger partial charge in [-0.25, -0.2) is 4.79 Å². The summed E-state index contributed by atoms with van der Waals surface area (Å²) in [5.41, 5.74) is 0. The molecule has 0 aliphatic heterocycles. The fraction of sp³-hybridized carbons (Fsp3) is 0.550. The first-order chi connectivity index (χ1) is 12.1. The fourth-order valence-corrected chi connectivity index (χ4v) is 2.13. The molecule has 140 valence electrons. The van der Waals surface area contributed by atoms with Crippen LogP contribution in [0.1, 0.15) is 64.7 Å². The summed E-state index contributed by atoms with van der Waals surface area (Å²) in [6.07, 6.45) is 24.6. The number of rotatable bonds is 15. The summed E-state index contributed by atoms with van der Waals surface area (Å²) in [7, 11) is 0. The molecule has 0 spiro atoms. The summed E-state index contributed by atoms with van der Waals surface area (Å²) < 4.78 is 0. The highest BCUT2D eigenvalue weighted by atomic mass is 16.6. The molecule has 0 bridgehead atoms. The van der Waals surface area contributed by atoms with Crippen molar-refractivity contribution >= 4 is 5.97 Å². The van der Waals surface area contributed by atoms with Gasteiger partial charge in [-0.2, -0.15) is 0 Å². The molecule has 0 aromatic rings. The minimum absolute atomic E-state index is 0.0250. The number of carboxylic acid groups (broad SMARTS) is 1. The molecule has 0 saturated heterocycles. The van der Waals surface area contributed by atoms with Gasteiger partial charge in [-0.15, -0.1) is 0 Å². The Hall–Kier alpha value is -2.17. The van der Waals surface area contributed by atoms with E-state index in [2.05, 4.69) is 37.3 Å². The average molecular weight is 349 g/mol. The van der Waals surface area contributed by atoms with Crippen LogP contribution in [0.4, 0.5) is 0 Å². The summed E-state index contributed by atoms with van der Waals surface area (Å²) in [5, 5.41) is 19.2. The van der Waals surface area contributed by atoms with Crippen molar-refractivity contribution in [1.82, 2.24) is 0 Å². The van der Waals surface area contributed by atoms with E-state index >= 15 is 0 Å². The molecule has 0 radical (unpaired) electrons. The molecule has 1 unspecified atom stereocenters. The van der Waals surface area contributed by atoms with Gasteiger partial charge in [-0.1, -0.05) is 68.4 Å². The van der Waals surface area contributed by atoms with Crippen molar-refractivity contribution in [3.05, 3.63) is 58.7 Å². The van der Waals surface area contributed by atoms with E-state index in [9.17, 15) is 14.9 Å². The largest absolute Gasteiger partial charge is 0.476 e. The quantitative estimate of drug-likeness (QED) is 0.184. The second-order valence-corrected chi connectivity index (χ2v) is 5.81. The average Bonchev–Trinajstić information content (AvgIpc) is 2.57. The van der Waals surface area contributed by atoms with Crippen molar-refractivity contribution in [2.45, 2.75) is 70.8 Å². The number of hydrogen-bond acceptors (Lipinski definition) is 3. The van der Waals surface area contributed by atoms with E-state index in [1.165, 1.54) is 25.7 Å². The Bertz CT molecular complexity index is 464. The first-order valence-corrected chi connectivity index (χ1v) is 9.05. The van der Waals surface area contributed by atoms with Gasteiger partial charge in [0, 0.05) is 11.3 Å². The van der Waals surface area contributed by atoms with Crippen LogP contribution in [0.25, 0.3) is 0 Å². The molecule has 0 amide bonds. The molecular formula is C20H31NO4.